The molecular formula is C24H34N2O2. The topological polar surface area (TPSA) is 40.6 Å². The van der Waals surface area contributed by atoms with Crippen LogP contribution in [0.5, 0.6) is 0 Å². The molecule has 152 valence electrons. The second-order valence-corrected chi connectivity index (χ2v) is 8.96. The molecule has 2 unspecified atom stereocenters. The fraction of sp³-hybridized carbons (Fsp3) is 0.667. The first-order valence-corrected chi connectivity index (χ1v) is 11.3. The first-order chi connectivity index (χ1) is 13.7. The van der Waals surface area contributed by atoms with Crippen LogP contribution in [0.4, 0.5) is 5.69 Å². The summed E-state index contributed by atoms with van der Waals surface area (Å²) in [4.78, 5) is 29.8. The van der Waals surface area contributed by atoms with Crippen molar-refractivity contribution in [3.8, 4) is 0 Å². The molecule has 0 radical (unpaired) electrons. The Bertz CT molecular complexity index is 704. The lowest BCUT2D eigenvalue weighted by Gasteiger charge is -2.29. The minimum Gasteiger partial charge on any atom is -0.338 e. The Labute approximate surface area is 169 Å². The maximum absolute atomic E-state index is 13.4. The van der Waals surface area contributed by atoms with Gasteiger partial charge in [0.2, 0.25) is 11.8 Å². The monoisotopic (exact) mass is 382 g/mol. The van der Waals surface area contributed by atoms with Gasteiger partial charge in [0.1, 0.15) is 0 Å². The van der Waals surface area contributed by atoms with Crippen molar-refractivity contribution in [2.24, 2.45) is 17.8 Å². The molecule has 0 N–H and O–H groups in total. The third kappa shape index (κ3) is 4.11. The van der Waals surface area contributed by atoms with Crippen molar-refractivity contribution < 1.29 is 9.59 Å². The molecule has 0 aromatic heterocycles. The van der Waals surface area contributed by atoms with Crippen molar-refractivity contribution in [2.75, 3.05) is 18.0 Å². The van der Waals surface area contributed by atoms with E-state index in [0.717, 1.165) is 43.6 Å². The smallest absolute Gasteiger partial charge is 0.226 e. The standard InChI is InChI=1S/C24H34N2O2/c1-18(27)26-16-10-4-2-3-9-15-25(17-19-11-5-8-14-22(19)26)24(28)23-20-12-6-7-13-21(20)23/h5,8,11,14,20-21,23H,2-4,6-7,9-10,12-13,15-17H2,1H3. The number of para-hydroxylation sites is 1. The zero-order valence-corrected chi connectivity index (χ0v) is 17.2. The minimum atomic E-state index is 0.0931. The fourth-order valence-electron chi connectivity index (χ4n) is 5.50. The van der Waals surface area contributed by atoms with Gasteiger partial charge in [0, 0.05) is 38.2 Å². The van der Waals surface area contributed by atoms with Crippen LogP contribution in [0.25, 0.3) is 0 Å². The Kier molecular flexibility index (Phi) is 6.03. The van der Waals surface area contributed by atoms with E-state index >= 15 is 0 Å². The number of anilines is 1. The summed E-state index contributed by atoms with van der Waals surface area (Å²) in [5.41, 5.74) is 2.09. The van der Waals surface area contributed by atoms with Gasteiger partial charge in [0.15, 0.2) is 0 Å². The summed E-state index contributed by atoms with van der Waals surface area (Å²) < 4.78 is 0. The van der Waals surface area contributed by atoms with Crippen molar-refractivity contribution in [2.45, 2.75) is 71.3 Å². The third-order valence-corrected chi connectivity index (χ3v) is 7.09. The number of rotatable bonds is 1. The highest BCUT2D eigenvalue weighted by Crippen LogP contribution is 2.56. The maximum Gasteiger partial charge on any atom is 0.226 e. The highest BCUT2D eigenvalue weighted by molar-refractivity contribution is 5.92. The van der Waals surface area contributed by atoms with E-state index in [2.05, 4.69) is 11.0 Å². The number of carbonyl (C=O) groups excluding carboxylic acids is 2. The molecule has 28 heavy (non-hydrogen) atoms. The number of amides is 2. The van der Waals surface area contributed by atoms with Gasteiger partial charge >= 0.3 is 0 Å². The molecule has 4 heteroatoms. The number of benzene rings is 1. The van der Waals surface area contributed by atoms with Gasteiger partial charge < -0.3 is 9.80 Å². The molecule has 2 aliphatic carbocycles. The fourth-order valence-corrected chi connectivity index (χ4v) is 5.50. The van der Waals surface area contributed by atoms with E-state index in [0.29, 0.717) is 24.3 Å². The molecule has 1 aliphatic heterocycles. The van der Waals surface area contributed by atoms with E-state index < -0.39 is 0 Å². The Morgan fingerprint density at radius 2 is 1.50 bits per heavy atom. The van der Waals surface area contributed by atoms with Gasteiger partial charge in [-0.2, -0.15) is 0 Å². The molecule has 2 amide bonds. The van der Waals surface area contributed by atoms with Crippen molar-refractivity contribution >= 4 is 17.5 Å². The van der Waals surface area contributed by atoms with Crippen LogP contribution in [0.1, 0.15) is 70.3 Å². The summed E-state index contributed by atoms with van der Waals surface area (Å²) in [7, 11) is 0. The lowest BCUT2D eigenvalue weighted by Crippen LogP contribution is -2.36. The van der Waals surface area contributed by atoms with Crippen molar-refractivity contribution in [3.05, 3.63) is 29.8 Å². The first kappa shape index (κ1) is 19.5. The van der Waals surface area contributed by atoms with Crippen LogP contribution in [-0.4, -0.2) is 29.8 Å². The van der Waals surface area contributed by atoms with Gasteiger partial charge in [-0.1, -0.05) is 50.3 Å². The summed E-state index contributed by atoms with van der Waals surface area (Å²) in [6.45, 7) is 3.91. The molecule has 2 atom stereocenters. The van der Waals surface area contributed by atoms with E-state index in [1.807, 2.05) is 23.1 Å². The highest BCUT2D eigenvalue weighted by atomic mass is 16.2. The third-order valence-electron chi connectivity index (χ3n) is 7.09. The Morgan fingerprint density at radius 1 is 0.857 bits per heavy atom. The van der Waals surface area contributed by atoms with Crippen LogP contribution < -0.4 is 4.90 Å². The molecule has 2 saturated carbocycles. The van der Waals surface area contributed by atoms with Gasteiger partial charge in [0.05, 0.1) is 0 Å². The van der Waals surface area contributed by atoms with Crippen molar-refractivity contribution in [3.63, 3.8) is 0 Å². The van der Waals surface area contributed by atoms with Gasteiger partial charge in [-0.05, 0) is 49.1 Å². The number of fused-ring (bicyclic) bond motifs is 2. The molecule has 4 rings (SSSR count). The average molecular weight is 383 g/mol. The van der Waals surface area contributed by atoms with Crippen LogP contribution in [-0.2, 0) is 16.1 Å². The molecule has 4 nitrogen and oxygen atoms in total. The summed E-state index contributed by atoms with van der Waals surface area (Å²) in [6.07, 6.45) is 10.7. The first-order valence-electron chi connectivity index (χ1n) is 11.3. The van der Waals surface area contributed by atoms with Crippen LogP contribution in [0.15, 0.2) is 24.3 Å². The lowest BCUT2D eigenvalue weighted by molar-refractivity contribution is -0.134. The summed E-state index contributed by atoms with van der Waals surface area (Å²) >= 11 is 0. The molecule has 0 saturated heterocycles. The van der Waals surface area contributed by atoms with Crippen LogP contribution in [0, 0.1) is 17.8 Å². The molecule has 3 aliphatic rings. The quantitative estimate of drug-likeness (QED) is 0.702. The van der Waals surface area contributed by atoms with E-state index in [4.69, 9.17) is 0 Å². The number of hydrogen-bond acceptors (Lipinski definition) is 2. The van der Waals surface area contributed by atoms with Crippen LogP contribution >= 0.6 is 0 Å². The molecule has 2 fully saturated rings. The van der Waals surface area contributed by atoms with E-state index in [1.54, 1.807) is 6.92 Å². The van der Waals surface area contributed by atoms with E-state index in [9.17, 15) is 9.59 Å². The SMILES string of the molecule is CC(=O)N1CCCCCCCN(C(=O)C2C3CCCCC32)Cc2ccccc21. The van der Waals surface area contributed by atoms with Gasteiger partial charge in [0.25, 0.3) is 0 Å². The molecular weight excluding hydrogens is 348 g/mol. The zero-order valence-electron chi connectivity index (χ0n) is 17.2. The van der Waals surface area contributed by atoms with E-state index in [1.165, 1.54) is 38.5 Å². The van der Waals surface area contributed by atoms with Gasteiger partial charge in [-0.25, -0.2) is 0 Å². The van der Waals surface area contributed by atoms with Crippen LogP contribution in [0.3, 0.4) is 0 Å². The number of carbonyl (C=O) groups is 2. The minimum absolute atomic E-state index is 0.0931. The Balaban J connectivity index is 1.58. The molecule has 1 aromatic rings. The van der Waals surface area contributed by atoms with E-state index in [-0.39, 0.29) is 11.8 Å². The highest BCUT2D eigenvalue weighted by Gasteiger charge is 2.55. The predicted octanol–water partition coefficient (Wildman–Crippen LogP) is 4.77. The summed E-state index contributed by atoms with van der Waals surface area (Å²) in [6, 6.07) is 8.17. The van der Waals surface area contributed by atoms with Crippen LogP contribution in [0.2, 0.25) is 0 Å². The van der Waals surface area contributed by atoms with Gasteiger partial charge in [-0.15, -0.1) is 0 Å². The second-order valence-electron chi connectivity index (χ2n) is 8.96. The van der Waals surface area contributed by atoms with Crippen molar-refractivity contribution in [1.29, 1.82) is 0 Å². The summed E-state index contributed by atoms with van der Waals surface area (Å²) in [5.74, 6) is 2.03. The molecule has 1 heterocycles. The normalized spacial score (nSPS) is 28.4. The lowest BCUT2D eigenvalue weighted by atomic mass is 10.0. The van der Waals surface area contributed by atoms with Crippen molar-refractivity contribution in [1.82, 2.24) is 4.90 Å². The van der Waals surface area contributed by atoms with Gasteiger partial charge in [-0.3, -0.25) is 9.59 Å². The summed E-state index contributed by atoms with van der Waals surface area (Å²) in [5, 5.41) is 0. The second kappa shape index (κ2) is 8.67. The Hall–Kier alpha value is -1.84. The molecule has 1 aromatic carbocycles. The molecule has 0 spiro atoms. The largest absolute Gasteiger partial charge is 0.338 e. The average Bonchev–Trinajstić information content (AvgIpc) is 3.42. The molecule has 0 bridgehead atoms. The zero-order chi connectivity index (χ0) is 19.5. The number of hydrogen-bond donors (Lipinski definition) is 0. The predicted molar refractivity (Wildman–Crippen MR) is 112 cm³/mol. The Morgan fingerprint density at radius 3 is 2.21 bits per heavy atom. The number of nitrogens with zero attached hydrogens (tertiary/aromatic N) is 2. The maximum atomic E-state index is 13.4.